The molecule has 1 aliphatic heterocycles. The molecular weight excluding hydrogens is 290 g/mol. The van der Waals surface area contributed by atoms with Crippen molar-refractivity contribution < 1.29 is 9.53 Å². The van der Waals surface area contributed by atoms with Crippen LogP contribution in [0.3, 0.4) is 0 Å². The Labute approximate surface area is 126 Å². The van der Waals surface area contributed by atoms with Gasteiger partial charge in [-0.25, -0.2) is 4.98 Å². The Morgan fingerprint density at radius 3 is 2.86 bits per heavy atom. The van der Waals surface area contributed by atoms with Gasteiger partial charge >= 0.3 is 0 Å². The van der Waals surface area contributed by atoms with Gasteiger partial charge in [0.25, 0.3) is 5.56 Å². The van der Waals surface area contributed by atoms with Crippen molar-refractivity contribution in [3.05, 3.63) is 28.1 Å². The number of carbonyl (C=O) groups is 1. The molecule has 112 valence electrons. The van der Waals surface area contributed by atoms with Crippen LogP contribution >= 0.6 is 11.3 Å². The van der Waals surface area contributed by atoms with Crippen LogP contribution in [0, 0.1) is 0 Å². The molecule has 21 heavy (non-hydrogen) atoms. The van der Waals surface area contributed by atoms with Crippen molar-refractivity contribution in [1.82, 2.24) is 14.5 Å². The zero-order valence-corrected chi connectivity index (χ0v) is 12.8. The maximum atomic E-state index is 12.4. The largest absolute Gasteiger partial charge is 0.372 e. The number of nitrogens with zero attached hydrogens (tertiary/aromatic N) is 3. The van der Waals surface area contributed by atoms with E-state index in [0.717, 1.165) is 0 Å². The van der Waals surface area contributed by atoms with Crippen LogP contribution in [0.2, 0.25) is 0 Å². The summed E-state index contributed by atoms with van der Waals surface area (Å²) in [4.78, 5) is 30.6. The Morgan fingerprint density at radius 2 is 2.14 bits per heavy atom. The van der Waals surface area contributed by atoms with Crippen LogP contribution in [0.4, 0.5) is 0 Å². The molecule has 0 N–H and O–H groups in total. The molecule has 6 nitrogen and oxygen atoms in total. The summed E-state index contributed by atoms with van der Waals surface area (Å²) in [7, 11) is 0. The van der Waals surface area contributed by atoms with Crippen LogP contribution in [-0.4, -0.2) is 45.7 Å². The fourth-order valence-electron chi connectivity index (χ4n) is 2.62. The molecule has 1 fully saturated rings. The molecule has 3 heterocycles. The Hall–Kier alpha value is -1.73. The highest BCUT2D eigenvalue weighted by atomic mass is 32.1. The summed E-state index contributed by atoms with van der Waals surface area (Å²) in [5, 5.41) is 1.83. The maximum Gasteiger partial charge on any atom is 0.271 e. The van der Waals surface area contributed by atoms with E-state index >= 15 is 0 Å². The Morgan fingerprint density at radius 1 is 1.43 bits per heavy atom. The van der Waals surface area contributed by atoms with Crippen molar-refractivity contribution in [2.45, 2.75) is 32.6 Å². The van der Waals surface area contributed by atoms with Crippen molar-refractivity contribution >= 4 is 27.5 Å². The lowest BCUT2D eigenvalue weighted by atomic mass is 10.2. The van der Waals surface area contributed by atoms with Crippen molar-refractivity contribution in [3.8, 4) is 0 Å². The van der Waals surface area contributed by atoms with E-state index < -0.39 is 0 Å². The van der Waals surface area contributed by atoms with E-state index in [0.29, 0.717) is 23.3 Å². The standard InChI is InChI=1S/C14H17N3O3S/c1-9-5-16(6-10(2)20-9)12(18)7-17-8-15-11-3-4-21-13(11)14(17)19/h3-4,8-10H,5-7H2,1-2H3/t9-,10+. The number of aromatic nitrogens is 2. The number of morpholine rings is 1. The van der Waals surface area contributed by atoms with Gasteiger partial charge in [0.05, 0.1) is 24.1 Å². The monoisotopic (exact) mass is 307 g/mol. The van der Waals surface area contributed by atoms with Gasteiger partial charge in [-0.3, -0.25) is 14.2 Å². The second-order valence-electron chi connectivity index (χ2n) is 5.37. The molecule has 0 bridgehead atoms. The van der Waals surface area contributed by atoms with E-state index in [9.17, 15) is 9.59 Å². The van der Waals surface area contributed by atoms with Crippen molar-refractivity contribution in [3.63, 3.8) is 0 Å². The quantitative estimate of drug-likeness (QED) is 0.833. The number of amides is 1. The van der Waals surface area contributed by atoms with Crippen LogP contribution in [0.1, 0.15) is 13.8 Å². The Bertz CT molecular complexity index is 714. The molecule has 0 aromatic carbocycles. The molecule has 1 aliphatic rings. The predicted molar refractivity (Wildman–Crippen MR) is 80.5 cm³/mol. The fraction of sp³-hybridized carbons (Fsp3) is 0.500. The predicted octanol–water partition coefficient (Wildman–Crippen LogP) is 1.09. The first-order chi connectivity index (χ1) is 10.0. The van der Waals surface area contributed by atoms with E-state index in [4.69, 9.17) is 4.74 Å². The summed E-state index contributed by atoms with van der Waals surface area (Å²) in [6.45, 7) is 5.04. The Balaban J connectivity index is 1.80. The highest BCUT2D eigenvalue weighted by Crippen LogP contribution is 2.14. The molecule has 1 saturated heterocycles. The summed E-state index contributed by atoms with van der Waals surface area (Å²) in [6, 6.07) is 1.80. The number of rotatable bonds is 2. The number of thiophene rings is 1. The minimum atomic E-state index is -0.155. The third kappa shape index (κ3) is 2.84. The lowest BCUT2D eigenvalue weighted by Crippen LogP contribution is -2.49. The lowest BCUT2D eigenvalue weighted by molar-refractivity contribution is -0.143. The third-order valence-electron chi connectivity index (χ3n) is 3.51. The molecule has 2 atom stereocenters. The minimum absolute atomic E-state index is 0.0207. The first-order valence-corrected chi connectivity index (χ1v) is 7.78. The molecule has 3 rings (SSSR count). The molecule has 2 aromatic heterocycles. The molecule has 0 aliphatic carbocycles. The average Bonchev–Trinajstić information content (AvgIpc) is 2.90. The second-order valence-corrected chi connectivity index (χ2v) is 6.28. The summed E-state index contributed by atoms with van der Waals surface area (Å²) in [5.41, 5.74) is 0.528. The highest BCUT2D eigenvalue weighted by Gasteiger charge is 2.26. The zero-order chi connectivity index (χ0) is 15.0. The number of carbonyl (C=O) groups excluding carboxylic acids is 1. The molecular formula is C14H17N3O3S. The summed E-state index contributed by atoms with van der Waals surface area (Å²) < 4.78 is 7.59. The van der Waals surface area contributed by atoms with Crippen molar-refractivity contribution in [2.75, 3.05) is 13.1 Å². The van der Waals surface area contributed by atoms with Crippen molar-refractivity contribution in [2.24, 2.45) is 0 Å². The summed E-state index contributed by atoms with van der Waals surface area (Å²) in [5.74, 6) is -0.0724. The first kappa shape index (κ1) is 14.2. The molecule has 2 aromatic rings. The average molecular weight is 307 g/mol. The number of hydrogen-bond donors (Lipinski definition) is 0. The first-order valence-electron chi connectivity index (χ1n) is 6.90. The van der Waals surface area contributed by atoms with Crippen molar-refractivity contribution in [1.29, 1.82) is 0 Å². The van der Waals surface area contributed by atoms with Crippen LogP contribution in [-0.2, 0) is 16.1 Å². The van der Waals surface area contributed by atoms with Gasteiger partial charge in [-0.05, 0) is 25.3 Å². The summed E-state index contributed by atoms with van der Waals surface area (Å²) in [6.07, 6.45) is 1.49. The van der Waals surface area contributed by atoms with E-state index in [1.54, 1.807) is 11.0 Å². The van der Waals surface area contributed by atoms with Crippen LogP contribution in [0.15, 0.2) is 22.6 Å². The van der Waals surface area contributed by atoms with E-state index in [-0.39, 0.29) is 30.2 Å². The molecule has 0 radical (unpaired) electrons. The van der Waals surface area contributed by atoms with Crippen LogP contribution in [0.5, 0.6) is 0 Å². The highest BCUT2D eigenvalue weighted by molar-refractivity contribution is 7.17. The second kappa shape index (κ2) is 5.57. The van der Waals surface area contributed by atoms with E-state index in [1.807, 2.05) is 19.2 Å². The van der Waals surface area contributed by atoms with Gasteiger partial charge in [-0.15, -0.1) is 11.3 Å². The van der Waals surface area contributed by atoms with Gasteiger partial charge in [0.1, 0.15) is 11.2 Å². The van der Waals surface area contributed by atoms with E-state index in [1.165, 1.54) is 22.2 Å². The van der Waals surface area contributed by atoms with Gasteiger partial charge in [0, 0.05) is 13.1 Å². The number of fused-ring (bicyclic) bond motifs is 1. The lowest BCUT2D eigenvalue weighted by Gasteiger charge is -2.35. The zero-order valence-electron chi connectivity index (χ0n) is 12.0. The molecule has 0 spiro atoms. The van der Waals surface area contributed by atoms with Gasteiger partial charge in [0.2, 0.25) is 5.91 Å². The van der Waals surface area contributed by atoms with Gasteiger partial charge in [-0.2, -0.15) is 0 Å². The SMILES string of the molecule is C[C@@H]1CN(C(=O)Cn2cnc3ccsc3c2=O)C[C@H](C)O1. The molecule has 7 heteroatoms. The smallest absolute Gasteiger partial charge is 0.271 e. The third-order valence-corrected chi connectivity index (χ3v) is 4.41. The van der Waals surface area contributed by atoms with Gasteiger partial charge < -0.3 is 9.64 Å². The van der Waals surface area contributed by atoms with Gasteiger partial charge in [0.15, 0.2) is 0 Å². The number of hydrogen-bond acceptors (Lipinski definition) is 5. The topological polar surface area (TPSA) is 64.4 Å². The molecule has 0 saturated carbocycles. The molecule has 1 amide bonds. The normalized spacial score (nSPS) is 22.7. The fourth-order valence-corrected chi connectivity index (χ4v) is 3.41. The molecule has 0 unspecified atom stereocenters. The maximum absolute atomic E-state index is 12.4. The number of ether oxygens (including phenoxy) is 1. The summed E-state index contributed by atoms with van der Waals surface area (Å²) >= 11 is 1.35. The van der Waals surface area contributed by atoms with Crippen LogP contribution < -0.4 is 5.56 Å². The minimum Gasteiger partial charge on any atom is -0.372 e. The van der Waals surface area contributed by atoms with Gasteiger partial charge in [-0.1, -0.05) is 0 Å². The van der Waals surface area contributed by atoms with E-state index in [2.05, 4.69) is 4.98 Å². The van der Waals surface area contributed by atoms with Crippen LogP contribution in [0.25, 0.3) is 10.2 Å². The Kier molecular flexibility index (Phi) is 3.77.